The Morgan fingerprint density at radius 1 is 1.38 bits per heavy atom. The summed E-state index contributed by atoms with van der Waals surface area (Å²) >= 11 is 5.40. The summed E-state index contributed by atoms with van der Waals surface area (Å²) in [6.07, 6.45) is 1.14. The zero-order chi connectivity index (χ0) is 19.1. The summed E-state index contributed by atoms with van der Waals surface area (Å²) in [5.41, 5.74) is -0.712. The third kappa shape index (κ3) is 3.72. The molecular formula is C18H28ClNO6. The fourth-order valence-corrected chi connectivity index (χ4v) is 4.49. The van der Waals surface area contributed by atoms with Crippen LogP contribution in [-0.4, -0.2) is 61.1 Å². The first kappa shape index (κ1) is 19.9. The number of carbonyl (C=O) groups excluding carboxylic acids is 2. The second-order valence-corrected chi connectivity index (χ2v) is 8.39. The smallest absolute Gasteiger partial charge is 0.414 e. The Hall–Kier alpha value is -0.890. The maximum absolute atomic E-state index is 11.9. The SMILES string of the molecule is CO[C@@H]1[C@H](OC(=O)NC(=O)CCl)C[C@]2(CO2)[C@H]1[C@@]1(C)O[C@H]1CCC(C)C. The van der Waals surface area contributed by atoms with E-state index in [1.807, 2.05) is 0 Å². The van der Waals surface area contributed by atoms with Gasteiger partial charge in [0.15, 0.2) is 0 Å². The van der Waals surface area contributed by atoms with Gasteiger partial charge in [-0.05, 0) is 25.7 Å². The van der Waals surface area contributed by atoms with E-state index in [-0.39, 0.29) is 35.2 Å². The largest absolute Gasteiger partial charge is 0.443 e. The van der Waals surface area contributed by atoms with E-state index in [1.165, 1.54) is 0 Å². The highest BCUT2D eigenvalue weighted by Gasteiger charge is 2.75. The van der Waals surface area contributed by atoms with E-state index in [0.29, 0.717) is 18.9 Å². The molecular weight excluding hydrogens is 362 g/mol. The number of alkyl halides is 1. The van der Waals surface area contributed by atoms with Gasteiger partial charge in [0, 0.05) is 13.5 Å². The second-order valence-electron chi connectivity index (χ2n) is 8.12. The van der Waals surface area contributed by atoms with Crippen molar-refractivity contribution in [3.05, 3.63) is 0 Å². The summed E-state index contributed by atoms with van der Waals surface area (Å²) in [6.45, 7) is 7.10. The van der Waals surface area contributed by atoms with Crippen LogP contribution in [0.2, 0.25) is 0 Å². The molecule has 2 heterocycles. The fraction of sp³-hybridized carbons (Fsp3) is 0.889. The molecule has 0 aromatic rings. The van der Waals surface area contributed by atoms with Gasteiger partial charge in [0.25, 0.3) is 0 Å². The lowest BCUT2D eigenvalue weighted by Crippen LogP contribution is -2.43. The fourth-order valence-electron chi connectivity index (χ4n) is 4.42. The van der Waals surface area contributed by atoms with E-state index in [4.69, 9.17) is 30.5 Å². The van der Waals surface area contributed by atoms with Crippen molar-refractivity contribution in [2.75, 3.05) is 19.6 Å². The van der Waals surface area contributed by atoms with E-state index in [2.05, 4.69) is 26.1 Å². The predicted molar refractivity (Wildman–Crippen MR) is 94.1 cm³/mol. The van der Waals surface area contributed by atoms with Gasteiger partial charge >= 0.3 is 6.09 Å². The molecule has 3 fully saturated rings. The lowest BCUT2D eigenvalue weighted by atomic mass is 9.80. The summed E-state index contributed by atoms with van der Waals surface area (Å²) in [7, 11) is 1.60. The molecule has 7 nitrogen and oxygen atoms in total. The van der Waals surface area contributed by atoms with E-state index >= 15 is 0 Å². The van der Waals surface area contributed by atoms with Gasteiger partial charge in [-0.3, -0.25) is 10.1 Å². The molecule has 2 aliphatic heterocycles. The topological polar surface area (TPSA) is 89.7 Å². The predicted octanol–water partition coefficient (Wildman–Crippen LogP) is 2.24. The molecule has 3 aliphatic rings. The third-order valence-electron chi connectivity index (χ3n) is 5.82. The first-order valence-electron chi connectivity index (χ1n) is 9.16. The zero-order valence-electron chi connectivity index (χ0n) is 15.7. The van der Waals surface area contributed by atoms with Crippen molar-refractivity contribution in [1.29, 1.82) is 0 Å². The van der Waals surface area contributed by atoms with E-state index in [9.17, 15) is 9.59 Å². The number of halogens is 1. The molecule has 0 bridgehead atoms. The zero-order valence-corrected chi connectivity index (χ0v) is 16.5. The third-order valence-corrected chi connectivity index (χ3v) is 6.06. The quantitative estimate of drug-likeness (QED) is 0.530. The van der Waals surface area contributed by atoms with Crippen molar-refractivity contribution in [2.24, 2.45) is 11.8 Å². The highest BCUT2D eigenvalue weighted by atomic mass is 35.5. The molecule has 0 radical (unpaired) electrons. The Bertz CT molecular complexity index is 566. The molecule has 0 aromatic heterocycles. The van der Waals surface area contributed by atoms with Crippen LogP contribution in [0, 0.1) is 11.8 Å². The van der Waals surface area contributed by atoms with Crippen LogP contribution in [0.25, 0.3) is 0 Å². The first-order valence-corrected chi connectivity index (χ1v) is 9.70. The normalized spacial score (nSPS) is 40.7. The van der Waals surface area contributed by atoms with Gasteiger partial charge in [0.2, 0.25) is 5.91 Å². The summed E-state index contributed by atoms with van der Waals surface area (Å²) in [5, 5.41) is 2.10. The van der Waals surface area contributed by atoms with Gasteiger partial charge in [-0.1, -0.05) is 13.8 Å². The van der Waals surface area contributed by atoms with Gasteiger partial charge in [-0.2, -0.15) is 0 Å². The van der Waals surface area contributed by atoms with Crippen molar-refractivity contribution in [3.8, 4) is 0 Å². The van der Waals surface area contributed by atoms with Gasteiger partial charge < -0.3 is 18.9 Å². The Balaban J connectivity index is 1.67. The van der Waals surface area contributed by atoms with E-state index in [1.54, 1.807) is 7.11 Å². The molecule has 0 unspecified atom stereocenters. The van der Waals surface area contributed by atoms with Crippen LogP contribution >= 0.6 is 11.6 Å². The van der Waals surface area contributed by atoms with E-state index < -0.39 is 18.1 Å². The molecule has 0 aromatic carbocycles. The Morgan fingerprint density at radius 2 is 2.08 bits per heavy atom. The second kappa shape index (κ2) is 7.26. The number of epoxide rings is 2. The summed E-state index contributed by atoms with van der Waals surface area (Å²) < 4.78 is 23.1. The minimum atomic E-state index is -0.808. The standard InChI is InChI=1S/C18H28ClNO6/c1-10(2)5-6-12-17(3,26-12)15-14(23-4)11(7-18(15)9-24-18)25-16(22)20-13(21)8-19/h10-12,14-15H,5-9H2,1-4H3,(H,20,21,22)/t11-,12+,14-,15-,17+,18+/m1/s1. The number of ether oxygens (including phenoxy) is 4. The summed E-state index contributed by atoms with van der Waals surface area (Å²) in [4.78, 5) is 23.2. The Kier molecular flexibility index (Phi) is 5.55. The lowest BCUT2D eigenvalue weighted by molar-refractivity contribution is -0.118. The van der Waals surface area contributed by atoms with Crippen LogP contribution in [0.4, 0.5) is 4.79 Å². The van der Waals surface area contributed by atoms with Crippen LogP contribution in [0.15, 0.2) is 0 Å². The summed E-state index contributed by atoms with van der Waals surface area (Å²) in [6, 6.07) is 0. The molecule has 1 aliphatic carbocycles. The van der Waals surface area contributed by atoms with Crippen molar-refractivity contribution in [1.82, 2.24) is 5.32 Å². The molecule has 6 atom stereocenters. The van der Waals surface area contributed by atoms with Crippen LogP contribution in [0.1, 0.15) is 40.0 Å². The maximum atomic E-state index is 11.9. The van der Waals surface area contributed by atoms with Crippen molar-refractivity contribution in [3.63, 3.8) is 0 Å². The molecule has 1 N–H and O–H groups in total. The minimum Gasteiger partial charge on any atom is -0.443 e. The van der Waals surface area contributed by atoms with Gasteiger partial charge in [0.1, 0.15) is 29.3 Å². The molecule has 8 heteroatoms. The van der Waals surface area contributed by atoms with Crippen LogP contribution in [0.5, 0.6) is 0 Å². The number of carbonyl (C=O) groups is 2. The maximum Gasteiger partial charge on any atom is 0.414 e. The number of hydrogen-bond donors (Lipinski definition) is 1. The van der Waals surface area contributed by atoms with E-state index in [0.717, 1.165) is 12.8 Å². The lowest BCUT2D eigenvalue weighted by Gasteiger charge is -2.27. The van der Waals surface area contributed by atoms with Crippen LogP contribution in [-0.2, 0) is 23.7 Å². The monoisotopic (exact) mass is 389 g/mol. The number of methoxy groups -OCH3 is 1. The molecule has 2 saturated heterocycles. The molecule has 1 spiro atoms. The molecule has 3 rings (SSSR count). The van der Waals surface area contributed by atoms with Crippen LogP contribution in [0.3, 0.4) is 0 Å². The highest BCUT2D eigenvalue weighted by Crippen LogP contribution is 2.61. The number of amides is 2. The van der Waals surface area contributed by atoms with Gasteiger partial charge in [0.05, 0.1) is 18.6 Å². The summed E-state index contributed by atoms with van der Waals surface area (Å²) in [5.74, 6) is -0.287. The molecule has 148 valence electrons. The number of alkyl carbamates (subject to hydrolysis) is 1. The van der Waals surface area contributed by atoms with Gasteiger partial charge in [-0.25, -0.2) is 4.79 Å². The molecule has 26 heavy (non-hydrogen) atoms. The minimum absolute atomic E-state index is 0.0151. The van der Waals surface area contributed by atoms with Crippen molar-refractivity contribution < 1.29 is 28.5 Å². The highest BCUT2D eigenvalue weighted by molar-refractivity contribution is 6.28. The number of nitrogens with one attached hydrogen (secondary N) is 1. The number of imide groups is 1. The van der Waals surface area contributed by atoms with Crippen molar-refractivity contribution >= 4 is 23.6 Å². The molecule has 1 saturated carbocycles. The average Bonchev–Trinajstić information content (AvgIpc) is 3.44. The average molecular weight is 390 g/mol. The van der Waals surface area contributed by atoms with Crippen LogP contribution < -0.4 is 5.32 Å². The van der Waals surface area contributed by atoms with Crippen molar-refractivity contribution in [2.45, 2.75) is 69.5 Å². The first-order chi connectivity index (χ1) is 12.3. The Morgan fingerprint density at radius 3 is 2.62 bits per heavy atom. The Labute approximate surface area is 159 Å². The number of rotatable bonds is 7. The number of hydrogen-bond acceptors (Lipinski definition) is 6. The van der Waals surface area contributed by atoms with Gasteiger partial charge in [-0.15, -0.1) is 11.6 Å². The molecule has 2 amide bonds.